The Kier molecular flexibility index (Phi) is 2.97. The summed E-state index contributed by atoms with van der Waals surface area (Å²) in [6, 6.07) is 1.92. The molecule has 1 heterocycles. The van der Waals surface area contributed by atoms with Gasteiger partial charge in [0.05, 0.1) is 17.3 Å². The molecule has 0 radical (unpaired) electrons. The molecule has 0 saturated heterocycles. The van der Waals surface area contributed by atoms with Crippen LogP contribution < -0.4 is 0 Å². The fraction of sp³-hybridized carbons (Fsp3) is 0.286. The van der Waals surface area contributed by atoms with Gasteiger partial charge in [0.1, 0.15) is 0 Å². The summed E-state index contributed by atoms with van der Waals surface area (Å²) in [7, 11) is 0. The number of aryl methyl sites for hydroxylation is 1. The van der Waals surface area contributed by atoms with Crippen molar-refractivity contribution in [1.82, 2.24) is 9.78 Å². The van der Waals surface area contributed by atoms with Crippen molar-refractivity contribution in [1.29, 1.82) is 0 Å². The van der Waals surface area contributed by atoms with E-state index < -0.39 is 0 Å². The van der Waals surface area contributed by atoms with Gasteiger partial charge in [-0.3, -0.25) is 4.68 Å². The second-order valence-electron chi connectivity index (χ2n) is 2.21. The van der Waals surface area contributed by atoms with Crippen molar-refractivity contribution in [2.75, 3.05) is 0 Å². The molecule has 0 atom stereocenters. The molecule has 0 unspecified atom stereocenters. The van der Waals surface area contributed by atoms with E-state index in [0.29, 0.717) is 11.6 Å². The first-order valence-corrected chi connectivity index (χ1v) is 3.98. The van der Waals surface area contributed by atoms with E-state index in [9.17, 15) is 0 Å². The van der Waals surface area contributed by atoms with Crippen LogP contribution in [0.25, 0.3) is 0 Å². The predicted molar refractivity (Wildman–Crippen MR) is 46.8 cm³/mol. The molecule has 0 spiro atoms. The monoisotopic (exact) mass is 190 g/mol. The molecule has 60 valence electrons. The van der Waals surface area contributed by atoms with Gasteiger partial charge >= 0.3 is 0 Å². The van der Waals surface area contributed by atoms with E-state index in [-0.39, 0.29) is 0 Å². The van der Waals surface area contributed by atoms with Crippen LogP contribution in [-0.4, -0.2) is 9.78 Å². The lowest BCUT2D eigenvalue weighted by atomic mass is 10.5. The Morgan fingerprint density at radius 3 is 3.00 bits per heavy atom. The van der Waals surface area contributed by atoms with Crippen molar-refractivity contribution in [3.8, 4) is 0 Å². The lowest BCUT2D eigenvalue weighted by Gasteiger charge is -1.96. The van der Waals surface area contributed by atoms with Crippen LogP contribution in [0.5, 0.6) is 0 Å². The average Bonchev–Trinajstić information content (AvgIpc) is 2.35. The van der Waals surface area contributed by atoms with Gasteiger partial charge in [0, 0.05) is 11.7 Å². The zero-order chi connectivity index (χ0) is 8.27. The predicted octanol–water partition coefficient (Wildman–Crippen LogP) is 2.51. The third-order valence-corrected chi connectivity index (χ3v) is 1.81. The van der Waals surface area contributed by atoms with Crippen molar-refractivity contribution in [2.45, 2.75) is 13.5 Å². The standard InChI is InChI=1S/C7H8Cl2N2/c1-6-2-3-11(10-6)5-7(9)4-8/h2-4H,5H2,1H3/b7-4-. The number of rotatable bonds is 2. The summed E-state index contributed by atoms with van der Waals surface area (Å²) in [6.45, 7) is 2.47. The van der Waals surface area contributed by atoms with Crippen molar-refractivity contribution in [2.24, 2.45) is 0 Å². The third kappa shape index (κ3) is 2.56. The summed E-state index contributed by atoms with van der Waals surface area (Å²) in [6.07, 6.45) is 1.86. The molecule has 0 aliphatic rings. The Hall–Kier alpha value is -0.470. The van der Waals surface area contributed by atoms with Crippen LogP contribution in [-0.2, 0) is 6.54 Å². The molecule has 11 heavy (non-hydrogen) atoms. The van der Waals surface area contributed by atoms with Crippen LogP contribution in [0.15, 0.2) is 22.8 Å². The van der Waals surface area contributed by atoms with Gasteiger partial charge in [0.15, 0.2) is 0 Å². The molecule has 1 aromatic rings. The average molecular weight is 191 g/mol. The minimum Gasteiger partial charge on any atom is -0.267 e. The number of hydrogen-bond donors (Lipinski definition) is 0. The second-order valence-corrected chi connectivity index (χ2v) is 2.91. The summed E-state index contributed by atoms with van der Waals surface area (Å²) in [4.78, 5) is 0. The highest BCUT2D eigenvalue weighted by atomic mass is 35.5. The molecule has 0 aliphatic carbocycles. The van der Waals surface area contributed by atoms with E-state index >= 15 is 0 Å². The van der Waals surface area contributed by atoms with E-state index in [1.165, 1.54) is 5.54 Å². The zero-order valence-corrected chi connectivity index (χ0v) is 7.60. The largest absolute Gasteiger partial charge is 0.267 e. The van der Waals surface area contributed by atoms with Gasteiger partial charge in [0.2, 0.25) is 0 Å². The molecule has 0 aromatic carbocycles. The first kappa shape index (κ1) is 8.62. The molecule has 0 aliphatic heterocycles. The van der Waals surface area contributed by atoms with Crippen molar-refractivity contribution in [3.05, 3.63) is 28.5 Å². The van der Waals surface area contributed by atoms with E-state index in [4.69, 9.17) is 23.2 Å². The highest BCUT2D eigenvalue weighted by Gasteiger charge is 1.95. The highest BCUT2D eigenvalue weighted by molar-refractivity contribution is 6.36. The van der Waals surface area contributed by atoms with E-state index in [2.05, 4.69) is 5.10 Å². The van der Waals surface area contributed by atoms with Crippen LogP contribution in [0, 0.1) is 6.92 Å². The quantitative estimate of drug-likeness (QED) is 0.702. The minimum absolute atomic E-state index is 0.541. The number of hydrogen-bond acceptors (Lipinski definition) is 1. The smallest absolute Gasteiger partial charge is 0.0774 e. The molecular formula is C7H8Cl2N2. The van der Waals surface area contributed by atoms with Crippen LogP contribution in [0.2, 0.25) is 0 Å². The normalized spacial score (nSPS) is 12.1. The van der Waals surface area contributed by atoms with Crippen molar-refractivity contribution < 1.29 is 0 Å². The molecular weight excluding hydrogens is 183 g/mol. The van der Waals surface area contributed by atoms with E-state index in [0.717, 1.165) is 5.69 Å². The SMILES string of the molecule is Cc1ccn(C/C(Cl)=C/Cl)n1. The number of nitrogens with zero attached hydrogens (tertiary/aromatic N) is 2. The lowest BCUT2D eigenvalue weighted by molar-refractivity contribution is 0.687. The highest BCUT2D eigenvalue weighted by Crippen LogP contribution is 2.06. The summed E-state index contributed by atoms with van der Waals surface area (Å²) < 4.78 is 1.73. The van der Waals surface area contributed by atoms with Gasteiger partial charge in [-0.25, -0.2) is 0 Å². The van der Waals surface area contributed by atoms with Gasteiger partial charge < -0.3 is 0 Å². The zero-order valence-electron chi connectivity index (χ0n) is 6.09. The number of allylic oxidation sites excluding steroid dienone is 1. The van der Waals surface area contributed by atoms with Gasteiger partial charge in [0.25, 0.3) is 0 Å². The van der Waals surface area contributed by atoms with Crippen LogP contribution in [0.1, 0.15) is 5.69 Å². The Morgan fingerprint density at radius 2 is 2.55 bits per heavy atom. The molecule has 1 rings (SSSR count). The third-order valence-electron chi connectivity index (χ3n) is 1.21. The Labute approximate surface area is 75.4 Å². The Bertz CT molecular complexity index is 265. The summed E-state index contributed by atoms with van der Waals surface area (Å²) >= 11 is 11.1. The van der Waals surface area contributed by atoms with Gasteiger partial charge in [-0.1, -0.05) is 23.2 Å². The van der Waals surface area contributed by atoms with Crippen molar-refractivity contribution in [3.63, 3.8) is 0 Å². The molecule has 0 fully saturated rings. The Morgan fingerprint density at radius 1 is 1.82 bits per heavy atom. The molecule has 0 bridgehead atoms. The maximum Gasteiger partial charge on any atom is 0.0774 e. The molecule has 0 saturated carbocycles. The topological polar surface area (TPSA) is 17.8 Å². The molecule has 2 nitrogen and oxygen atoms in total. The fourth-order valence-corrected chi connectivity index (χ4v) is 0.932. The van der Waals surface area contributed by atoms with E-state index in [1.807, 2.05) is 19.2 Å². The summed E-state index contributed by atoms with van der Waals surface area (Å²) in [5.41, 5.74) is 2.32. The molecule has 0 amide bonds. The van der Waals surface area contributed by atoms with Gasteiger partial charge in [-0.05, 0) is 13.0 Å². The first-order chi connectivity index (χ1) is 5.22. The second kappa shape index (κ2) is 3.79. The maximum absolute atomic E-state index is 5.68. The van der Waals surface area contributed by atoms with Gasteiger partial charge in [-0.15, -0.1) is 0 Å². The molecule has 4 heteroatoms. The minimum atomic E-state index is 0.541. The number of aromatic nitrogens is 2. The van der Waals surface area contributed by atoms with Crippen LogP contribution >= 0.6 is 23.2 Å². The fourth-order valence-electron chi connectivity index (χ4n) is 0.740. The lowest BCUT2D eigenvalue weighted by Crippen LogP contribution is -1.98. The van der Waals surface area contributed by atoms with Crippen molar-refractivity contribution >= 4 is 23.2 Å². The maximum atomic E-state index is 5.68. The summed E-state index contributed by atoms with van der Waals surface area (Å²) in [5.74, 6) is 0. The van der Waals surface area contributed by atoms with E-state index in [1.54, 1.807) is 4.68 Å². The number of halogens is 2. The van der Waals surface area contributed by atoms with Gasteiger partial charge in [-0.2, -0.15) is 5.10 Å². The Balaban J connectivity index is 2.65. The van der Waals surface area contributed by atoms with Crippen LogP contribution in [0.4, 0.5) is 0 Å². The molecule has 1 aromatic heterocycles. The first-order valence-electron chi connectivity index (χ1n) is 3.17. The summed E-state index contributed by atoms with van der Waals surface area (Å²) in [5, 5.41) is 4.71. The van der Waals surface area contributed by atoms with Crippen LogP contribution in [0.3, 0.4) is 0 Å². The molecule has 0 N–H and O–H groups in total.